The van der Waals surface area contributed by atoms with Gasteiger partial charge >= 0.3 is 0 Å². The number of nitrogens with zero attached hydrogens (tertiary/aromatic N) is 4. The molecule has 3 aromatic rings. The number of hydrogen-bond acceptors (Lipinski definition) is 4. The predicted molar refractivity (Wildman–Crippen MR) is 70.8 cm³/mol. The van der Waals surface area contributed by atoms with Gasteiger partial charge in [-0.1, -0.05) is 6.07 Å². The lowest BCUT2D eigenvalue weighted by Gasteiger charge is -2.07. The van der Waals surface area contributed by atoms with Crippen LogP contribution < -0.4 is 5.32 Å². The van der Waals surface area contributed by atoms with Crippen LogP contribution in [0.1, 0.15) is 6.92 Å². The lowest BCUT2D eigenvalue weighted by Crippen LogP contribution is -2.06. The highest BCUT2D eigenvalue weighted by atomic mass is 15.3. The summed E-state index contributed by atoms with van der Waals surface area (Å²) in [7, 11) is 0. The van der Waals surface area contributed by atoms with E-state index in [1.807, 2.05) is 41.8 Å². The molecule has 0 aliphatic heterocycles. The van der Waals surface area contributed by atoms with Crippen molar-refractivity contribution >= 4 is 17.1 Å². The maximum atomic E-state index is 4.53. The molecule has 0 saturated carbocycles. The van der Waals surface area contributed by atoms with Gasteiger partial charge in [-0.05, 0) is 31.2 Å². The first-order valence-electron chi connectivity index (χ1n) is 5.89. The van der Waals surface area contributed by atoms with Gasteiger partial charge < -0.3 is 5.32 Å². The Morgan fingerprint density at radius 1 is 1.11 bits per heavy atom. The van der Waals surface area contributed by atoms with Gasteiger partial charge in [-0.15, -0.1) is 0 Å². The van der Waals surface area contributed by atoms with Crippen LogP contribution in [0.15, 0.2) is 42.7 Å². The van der Waals surface area contributed by atoms with Gasteiger partial charge in [0, 0.05) is 18.9 Å². The van der Waals surface area contributed by atoms with Crippen LogP contribution in [-0.2, 0) is 0 Å². The molecular formula is C13H13N5. The summed E-state index contributed by atoms with van der Waals surface area (Å²) in [5.41, 5.74) is 1.67. The molecule has 3 aromatic heterocycles. The average molecular weight is 239 g/mol. The van der Waals surface area contributed by atoms with Crippen molar-refractivity contribution in [1.82, 2.24) is 19.5 Å². The predicted octanol–water partition coefficient (Wildman–Crippen LogP) is 2.25. The molecule has 3 rings (SSSR count). The molecule has 0 unspecified atom stereocenters. The number of fused-ring (bicyclic) bond motifs is 1. The zero-order valence-electron chi connectivity index (χ0n) is 10.0. The van der Waals surface area contributed by atoms with Crippen molar-refractivity contribution in [3.63, 3.8) is 0 Å². The van der Waals surface area contributed by atoms with E-state index in [9.17, 15) is 0 Å². The number of aromatic nitrogens is 4. The normalized spacial score (nSPS) is 10.7. The molecule has 3 heterocycles. The highest BCUT2D eigenvalue weighted by molar-refractivity contribution is 5.76. The Morgan fingerprint density at radius 2 is 2.00 bits per heavy atom. The summed E-state index contributed by atoms with van der Waals surface area (Å²) in [6.07, 6.45) is 3.53. The highest BCUT2D eigenvalue weighted by Crippen LogP contribution is 2.21. The van der Waals surface area contributed by atoms with Crippen molar-refractivity contribution in [1.29, 1.82) is 0 Å². The summed E-state index contributed by atoms with van der Waals surface area (Å²) < 4.78 is 1.93. The lowest BCUT2D eigenvalue weighted by atomic mass is 10.4. The van der Waals surface area contributed by atoms with Crippen LogP contribution in [0, 0.1) is 0 Å². The zero-order valence-corrected chi connectivity index (χ0v) is 10.0. The molecular weight excluding hydrogens is 226 g/mol. The maximum Gasteiger partial charge on any atom is 0.211 e. The van der Waals surface area contributed by atoms with Gasteiger partial charge in [0.05, 0.1) is 0 Å². The van der Waals surface area contributed by atoms with E-state index in [4.69, 9.17) is 0 Å². The molecule has 1 N–H and O–H groups in total. The number of anilines is 1. The Hall–Kier alpha value is -2.43. The van der Waals surface area contributed by atoms with Crippen LogP contribution in [0.2, 0.25) is 0 Å². The molecule has 0 bridgehead atoms. The minimum Gasteiger partial charge on any atom is -0.356 e. The number of hydrogen-bond donors (Lipinski definition) is 1. The fourth-order valence-corrected chi connectivity index (χ4v) is 1.89. The Labute approximate surface area is 105 Å². The molecule has 0 aromatic carbocycles. The summed E-state index contributed by atoms with van der Waals surface area (Å²) in [5.74, 6) is 1.58. The second-order valence-corrected chi connectivity index (χ2v) is 3.84. The fourth-order valence-electron chi connectivity index (χ4n) is 1.89. The number of nitrogens with one attached hydrogen (secondary N) is 1. The van der Waals surface area contributed by atoms with Crippen LogP contribution in [0.25, 0.3) is 17.0 Å². The first-order valence-corrected chi connectivity index (χ1v) is 5.89. The SMILES string of the molecule is CCNc1nc2cccnc2n1-c1ccccn1. The molecule has 90 valence electrons. The van der Waals surface area contributed by atoms with Crippen molar-refractivity contribution in [3.8, 4) is 5.82 Å². The van der Waals surface area contributed by atoms with Crippen molar-refractivity contribution < 1.29 is 0 Å². The Morgan fingerprint density at radius 3 is 2.78 bits per heavy atom. The highest BCUT2D eigenvalue weighted by Gasteiger charge is 2.12. The zero-order chi connectivity index (χ0) is 12.4. The van der Waals surface area contributed by atoms with E-state index >= 15 is 0 Å². The first-order chi connectivity index (χ1) is 8.90. The van der Waals surface area contributed by atoms with E-state index in [-0.39, 0.29) is 0 Å². The molecule has 5 heteroatoms. The molecule has 0 spiro atoms. The topological polar surface area (TPSA) is 55.6 Å². The van der Waals surface area contributed by atoms with Crippen LogP contribution in [0.5, 0.6) is 0 Å². The second-order valence-electron chi connectivity index (χ2n) is 3.84. The molecule has 0 aliphatic rings. The minimum atomic E-state index is 0.768. The van der Waals surface area contributed by atoms with Gasteiger partial charge in [-0.3, -0.25) is 0 Å². The van der Waals surface area contributed by atoms with Gasteiger partial charge in [-0.25, -0.2) is 19.5 Å². The standard InChI is InChI=1S/C13H13N5/c1-2-14-13-17-10-6-5-9-16-12(10)18(13)11-7-3-4-8-15-11/h3-9H,2H2,1H3,(H,14,17). The van der Waals surface area contributed by atoms with Gasteiger partial charge in [0.15, 0.2) is 5.65 Å². The van der Waals surface area contributed by atoms with E-state index in [2.05, 4.69) is 20.3 Å². The quantitative estimate of drug-likeness (QED) is 0.761. The van der Waals surface area contributed by atoms with Crippen LogP contribution >= 0.6 is 0 Å². The van der Waals surface area contributed by atoms with E-state index in [0.29, 0.717) is 0 Å². The Bertz CT molecular complexity index is 659. The van der Waals surface area contributed by atoms with Crippen molar-refractivity contribution in [3.05, 3.63) is 42.7 Å². The van der Waals surface area contributed by atoms with E-state index in [0.717, 1.165) is 29.5 Å². The molecule has 0 fully saturated rings. The molecule has 0 radical (unpaired) electrons. The molecule has 0 amide bonds. The fraction of sp³-hybridized carbons (Fsp3) is 0.154. The summed E-state index contributed by atoms with van der Waals surface area (Å²) >= 11 is 0. The second kappa shape index (κ2) is 4.44. The third-order valence-electron chi connectivity index (χ3n) is 2.63. The van der Waals surface area contributed by atoms with Gasteiger partial charge in [0.1, 0.15) is 11.3 Å². The van der Waals surface area contributed by atoms with Crippen LogP contribution in [0.4, 0.5) is 5.95 Å². The molecule has 5 nitrogen and oxygen atoms in total. The third-order valence-corrected chi connectivity index (χ3v) is 2.63. The smallest absolute Gasteiger partial charge is 0.211 e. The van der Waals surface area contributed by atoms with Crippen LogP contribution in [0.3, 0.4) is 0 Å². The number of imidazole rings is 1. The van der Waals surface area contributed by atoms with E-state index in [1.54, 1.807) is 12.4 Å². The summed E-state index contributed by atoms with van der Waals surface area (Å²) in [6.45, 7) is 2.84. The summed E-state index contributed by atoms with van der Waals surface area (Å²) in [6, 6.07) is 9.61. The van der Waals surface area contributed by atoms with Crippen LogP contribution in [-0.4, -0.2) is 26.1 Å². The van der Waals surface area contributed by atoms with E-state index < -0.39 is 0 Å². The molecule has 0 aliphatic carbocycles. The average Bonchev–Trinajstić information content (AvgIpc) is 2.78. The summed E-state index contributed by atoms with van der Waals surface area (Å²) in [5, 5.41) is 3.24. The van der Waals surface area contributed by atoms with Crippen molar-refractivity contribution in [2.24, 2.45) is 0 Å². The van der Waals surface area contributed by atoms with E-state index in [1.165, 1.54) is 0 Å². The third kappa shape index (κ3) is 1.69. The largest absolute Gasteiger partial charge is 0.356 e. The molecule has 18 heavy (non-hydrogen) atoms. The van der Waals surface area contributed by atoms with Gasteiger partial charge in [0.25, 0.3) is 0 Å². The number of rotatable bonds is 3. The van der Waals surface area contributed by atoms with Crippen molar-refractivity contribution in [2.45, 2.75) is 6.92 Å². The number of pyridine rings is 2. The Balaban J connectivity index is 2.28. The Kier molecular flexibility index (Phi) is 2.64. The molecule has 0 atom stereocenters. The summed E-state index contributed by atoms with van der Waals surface area (Å²) in [4.78, 5) is 13.3. The minimum absolute atomic E-state index is 0.768. The monoisotopic (exact) mass is 239 g/mol. The van der Waals surface area contributed by atoms with Gasteiger partial charge in [-0.2, -0.15) is 0 Å². The maximum absolute atomic E-state index is 4.53. The molecule has 0 saturated heterocycles. The van der Waals surface area contributed by atoms with Gasteiger partial charge in [0.2, 0.25) is 5.95 Å². The lowest BCUT2D eigenvalue weighted by molar-refractivity contribution is 0.987. The first kappa shape index (κ1) is 10.7. The van der Waals surface area contributed by atoms with Crippen molar-refractivity contribution in [2.75, 3.05) is 11.9 Å².